The summed E-state index contributed by atoms with van der Waals surface area (Å²) in [6.07, 6.45) is 2.12. The molecule has 0 bridgehead atoms. The zero-order valence-corrected chi connectivity index (χ0v) is 14.3. The molecular weight excluding hydrogens is 327 g/mol. The fourth-order valence-electron chi connectivity index (χ4n) is 2.19. The second-order valence-corrected chi connectivity index (χ2v) is 5.04. The third-order valence-electron chi connectivity index (χ3n) is 3.16. The highest BCUT2D eigenvalue weighted by Crippen LogP contribution is 2.18. The number of rotatable bonds is 5. The number of aromatic nitrogens is 1. The van der Waals surface area contributed by atoms with Crippen LogP contribution in [0.3, 0.4) is 0 Å². The highest BCUT2D eigenvalue weighted by molar-refractivity contribution is 5.85. The number of carbonyl (C=O) groups excluding carboxylic acids is 1. The average Bonchev–Trinajstić information content (AvgIpc) is 2.46. The van der Waals surface area contributed by atoms with Crippen LogP contribution in [0.1, 0.15) is 18.9 Å². The molecule has 1 aromatic heterocycles. The molecule has 8 heteroatoms. The number of ether oxygens (including phenoxy) is 1. The van der Waals surface area contributed by atoms with Gasteiger partial charge in [-0.2, -0.15) is 0 Å². The molecule has 1 aliphatic rings. The quantitative estimate of drug-likeness (QED) is 0.831. The lowest BCUT2D eigenvalue weighted by atomic mass is 10.2. The van der Waals surface area contributed by atoms with Gasteiger partial charge in [-0.05, 0) is 13.0 Å². The molecule has 0 saturated carbocycles. The number of nitrogens with zero attached hydrogens (tertiary/aromatic N) is 2. The van der Waals surface area contributed by atoms with Crippen molar-refractivity contribution in [2.24, 2.45) is 5.73 Å². The van der Waals surface area contributed by atoms with E-state index in [1.807, 2.05) is 19.1 Å². The number of anilines is 1. The summed E-state index contributed by atoms with van der Waals surface area (Å²) >= 11 is 0. The number of carbonyl (C=O) groups is 1. The Hall–Kier alpha value is -1.08. The predicted octanol–water partition coefficient (Wildman–Crippen LogP) is 1.12. The van der Waals surface area contributed by atoms with Crippen molar-refractivity contribution in [3.63, 3.8) is 0 Å². The minimum atomic E-state index is -0.123. The van der Waals surface area contributed by atoms with E-state index in [4.69, 9.17) is 10.5 Å². The molecule has 0 radical (unpaired) electrons. The van der Waals surface area contributed by atoms with E-state index in [2.05, 4.69) is 15.2 Å². The van der Waals surface area contributed by atoms with E-state index >= 15 is 0 Å². The first-order valence-corrected chi connectivity index (χ1v) is 6.95. The van der Waals surface area contributed by atoms with Crippen LogP contribution in [0.25, 0.3) is 0 Å². The Balaban J connectivity index is 0.00000220. The van der Waals surface area contributed by atoms with E-state index in [-0.39, 0.29) is 36.8 Å². The molecule has 1 fully saturated rings. The molecule has 0 spiro atoms. The molecule has 1 amide bonds. The topological polar surface area (TPSA) is 80.5 Å². The van der Waals surface area contributed by atoms with Gasteiger partial charge >= 0.3 is 0 Å². The van der Waals surface area contributed by atoms with Gasteiger partial charge in [0.15, 0.2) is 0 Å². The molecule has 126 valence electrons. The smallest absolute Gasteiger partial charge is 0.221 e. The minimum absolute atomic E-state index is 0. The third-order valence-corrected chi connectivity index (χ3v) is 3.16. The van der Waals surface area contributed by atoms with Crippen molar-refractivity contribution in [1.82, 2.24) is 10.3 Å². The molecule has 1 saturated heterocycles. The van der Waals surface area contributed by atoms with E-state index in [0.29, 0.717) is 26.2 Å². The Labute approximate surface area is 143 Å². The number of hydrogen-bond acceptors (Lipinski definition) is 5. The first-order chi connectivity index (χ1) is 9.66. The van der Waals surface area contributed by atoms with Crippen molar-refractivity contribution in [2.45, 2.75) is 25.9 Å². The molecule has 1 aliphatic heterocycles. The van der Waals surface area contributed by atoms with Gasteiger partial charge in [0.2, 0.25) is 5.91 Å². The monoisotopic (exact) mass is 350 g/mol. The maximum absolute atomic E-state index is 11.7. The van der Waals surface area contributed by atoms with E-state index in [0.717, 1.165) is 24.5 Å². The number of pyridine rings is 1. The molecule has 2 heterocycles. The Morgan fingerprint density at radius 2 is 2.14 bits per heavy atom. The van der Waals surface area contributed by atoms with Crippen molar-refractivity contribution in [3.8, 4) is 0 Å². The minimum Gasteiger partial charge on any atom is -0.378 e. The number of nitrogens with one attached hydrogen (secondary N) is 1. The number of hydrogen-bond donors (Lipinski definition) is 2. The Kier molecular flexibility index (Phi) is 10.1. The van der Waals surface area contributed by atoms with Crippen molar-refractivity contribution in [3.05, 3.63) is 23.9 Å². The van der Waals surface area contributed by atoms with E-state index in [9.17, 15) is 4.79 Å². The first-order valence-electron chi connectivity index (χ1n) is 6.95. The van der Waals surface area contributed by atoms with Crippen LogP contribution in [-0.2, 0) is 16.1 Å². The van der Waals surface area contributed by atoms with Crippen LogP contribution in [0, 0.1) is 0 Å². The Morgan fingerprint density at radius 3 is 2.77 bits per heavy atom. The number of amides is 1. The van der Waals surface area contributed by atoms with Crippen molar-refractivity contribution in [2.75, 3.05) is 31.2 Å². The van der Waals surface area contributed by atoms with Crippen LogP contribution in [0.5, 0.6) is 0 Å². The summed E-state index contributed by atoms with van der Waals surface area (Å²) in [4.78, 5) is 18.3. The van der Waals surface area contributed by atoms with Crippen LogP contribution in [0.15, 0.2) is 18.3 Å². The normalized spacial score (nSPS) is 15.3. The maximum atomic E-state index is 11.7. The van der Waals surface area contributed by atoms with Gasteiger partial charge in [-0.3, -0.25) is 4.79 Å². The second kappa shape index (κ2) is 10.6. The highest BCUT2D eigenvalue weighted by atomic mass is 35.5. The molecular formula is C14H24Cl2N4O2. The molecule has 0 aromatic carbocycles. The van der Waals surface area contributed by atoms with Gasteiger partial charge in [0.05, 0.1) is 13.2 Å². The summed E-state index contributed by atoms with van der Waals surface area (Å²) in [5.74, 6) is 0.897. The predicted molar refractivity (Wildman–Crippen MR) is 91.9 cm³/mol. The highest BCUT2D eigenvalue weighted by Gasteiger charge is 2.16. The molecule has 1 atom stereocenters. The number of nitrogens with two attached hydrogens (primary N) is 1. The van der Waals surface area contributed by atoms with Gasteiger partial charge in [-0.1, -0.05) is 6.07 Å². The lowest BCUT2D eigenvalue weighted by Gasteiger charge is -2.29. The fourth-order valence-corrected chi connectivity index (χ4v) is 2.19. The van der Waals surface area contributed by atoms with Crippen molar-refractivity contribution >= 4 is 36.5 Å². The second-order valence-electron chi connectivity index (χ2n) is 5.04. The summed E-state index contributed by atoms with van der Waals surface area (Å²) in [5.41, 5.74) is 6.63. The molecule has 1 unspecified atom stereocenters. The zero-order valence-electron chi connectivity index (χ0n) is 12.7. The number of halogens is 2. The number of morpholine rings is 1. The van der Waals surface area contributed by atoms with Gasteiger partial charge in [-0.15, -0.1) is 24.8 Å². The van der Waals surface area contributed by atoms with E-state index in [1.165, 1.54) is 0 Å². The molecule has 22 heavy (non-hydrogen) atoms. The molecule has 2 rings (SSSR count). The van der Waals surface area contributed by atoms with Crippen LogP contribution in [0.4, 0.5) is 5.82 Å². The third kappa shape index (κ3) is 6.36. The summed E-state index contributed by atoms with van der Waals surface area (Å²) < 4.78 is 5.35. The Bertz CT molecular complexity index is 454. The standard InChI is InChI=1S/C14H22N4O2.2ClH/c1-11(15)9-13(19)17-10-12-3-2-4-16-14(12)18-5-7-20-8-6-18;;/h2-4,11H,5-10,15H2,1H3,(H,17,19);2*1H. The molecule has 1 aromatic rings. The van der Waals surface area contributed by atoms with E-state index in [1.54, 1.807) is 6.20 Å². The van der Waals surface area contributed by atoms with Crippen LogP contribution < -0.4 is 16.0 Å². The molecule has 3 N–H and O–H groups in total. The van der Waals surface area contributed by atoms with Gasteiger partial charge in [0, 0.05) is 43.9 Å². The van der Waals surface area contributed by atoms with Gasteiger partial charge < -0.3 is 20.7 Å². The van der Waals surface area contributed by atoms with E-state index < -0.39 is 0 Å². The van der Waals surface area contributed by atoms with Gasteiger partial charge in [0.1, 0.15) is 5.82 Å². The zero-order chi connectivity index (χ0) is 14.4. The Morgan fingerprint density at radius 1 is 1.45 bits per heavy atom. The van der Waals surface area contributed by atoms with Crippen molar-refractivity contribution in [1.29, 1.82) is 0 Å². The van der Waals surface area contributed by atoms with Crippen molar-refractivity contribution < 1.29 is 9.53 Å². The summed E-state index contributed by atoms with van der Waals surface area (Å²) in [7, 11) is 0. The lowest BCUT2D eigenvalue weighted by molar-refractivity contribution is -0.121. The largest absolute Gasteiger partial charge is 0.378 e. The SMILES string of the molecule is CC(N)CC(=O)NCc1cccnc1N1CCOCC1.Cl.Cl. The van der Waals surface area contributed by atoms with Crippen LogP contribution in [0.2, 0.25) is 0 Å². The summed E-state index contributed by atoms with van der Waals surface area (Å²) in [5, 5.41) is 2.89. The molecule has 0 aliphatic carbocycles. The first kappa shape index (κ1) is 20.9. The van der Waals surface area contributed by atoms with Crippen LogP contribution >= 0.6 is 24.8 Å². The van der Waals surface area contributed by atoms with Crippen LogP contribution in [-0.4, -0.2) is 43.2 Å². The van der Waals surface area contributed by atoms with Gasteiger partial charge in [-0.25, -0.2) is 4.98 Å². The average molecular weight is 351 g/mol. The van der Waals surface area contributed by atoms with Gasteiger partial charge in [0.25, 0.3) is 0 Å². The molecule has 6 nitrogen and oxygen atoms in total. The lowest BCUT2D eigenvalue weighted by Crippen LogP contribution is -2.38. The maximum Gasteiger partial charge on any atom is 0.221 e. The summed E-state index contributed by atoms with van der Waals surface area (Å²) in [6.45, 7) is 5.39. The fraction of sp³-hybridized carbons (Fsp3) is 0.571. The summed E-state index contributed by atoms with van der Waals surface area (Å²) in [6, 6.07) is 3.75.